The van der Waals surface area contributed by atoms with Crippen molar-refractivity contribution >= 4 is 58.6 Å². The van der Waals surface area contributed by atoms with Crippen molar-refractivity contribution in [2.24, 2.45) is 0 Å². The van der Waals surface area contributed by atoms with Crippen molar-refractivity contribution in [2.45, 2.75) is 16.5 Å². The fourth-order valence-electron chi connectivity index (χ4n) is 2.41. The quantitative estimate of drug-likeness (QED) is 0.574. The predicted octanol–water partition coefficient (Wildman–Crippen LogP) is 4.44. The number of carbonyl (C=O) groups is 1. The van der Waals surface area contributed by atoms with E-state index in [0.717, 1.165) is 0 Å². The van der Waals surface area contributed by atoms with Gasteiger partial charge >= 0.3 is 6.09 Å². The van der Waals surface area contributed by atoms with E-state index in [9.17, 15) is 9.36 Å². The van der Waals surface area contributed by atoms with Crippen LogP contribution in [0.25, 0.3) is 0 Å². The zero-order valence-corrected chi connectivity index (χ0v) is 16.5. The SMILES string of the molecule is CCOC(=O)NC(C(Cl)(Cl)Cl)P(=O)(c1ccccc1)c1ccccc1. The molecule has 0 aliphatic rings. The third-order valence-electron chi connectivity index (χ3n) is 3.48. The zero-order valence-electron chi connectivity index (χ0n) is 13.4. The summed E-state index contributed by atoms with van der Waals surface area (Å²) in [6.07, 6.45) is -0.800. The van der Waals surface area contributed by atoms with Crippen molar-refractivity contribution < 1.29 is 14.1 Å². The maximum Gasteiger partial charge on any atom is 0.407 e. The molecule has 134 valence electrons. The topological polar surface area (TPSA) is 55.4 Å². The van der Waals surface area contributed by atoms with E-state index in [-0.39, 0.29) is 6.61 Å². The first-order chi connectivity index (χ1) is 11.8. The first-order valence-corrected chi connectivity index (χ1v) is 10.4. The summed E-state index contributed by atoms with van der Waals surface area (Å²) in [6, 6.07) is 17.3. The van der Waals surface area contributed by atoms with Gasteiger partial charge in [-0.05, 0) is 6.92 Å². The molecule has 4 nitrogen and oxygen atoms in total. The number of nitrogens with one attached hydrogen (secondary N) is 1. The van der Waals surface area contributed by atoms with Gasteiger partial charge in [-0.25, -0.2) is 4.79 Å². The Hall–Kier alpha value is -1.19. The number of ether oxygens (including phenoxy) is 1. The van der Waals surface area contributed by atoms with E-state index in [1.54, 1.807) is 67.6 Å². The summed E-state index contributed by atoms with van der Waals surface area (Å²) in [5, 5.41) is 3.41. The Morgan fingerprint density at radius 2 is 1.48 bits per heavy atom. The van der Waals surface area contributed by atoms with Gasteiger partial charge in [-0.3, -0.25) is 0 Å². The second-order valence-corrected chi connectivity index (χ2v) is 10.4. The lowest BCUT2D eigenvalue weighted by Crippen LogP contribution is -2.47. The molecule has 1 amide bonds. The monoisotopic (exact) mass is 419 g/mol. The van der Waals surface area contributed by atoms with Crippen molar-refractivity contribution in [3.63, 3.8) is 0 Å². The van der Waals surface area contributed by atoms with E-state index < -0.39 is 22.8 Å². The molecule has 0 saturated heterocycles. The molecule has 0 spiro atoms. The molecule has 0 saturated carbocycles. The number of benzene rings is 2. The van der Waals surface area contributed by atoms with E-state index >= 15 is 0 Å². The van der Waals surface area contributed by atoms with E-state index in [4.69, 9.17) is 39.5 Å². The molecular formula is C17H17Cl3NO3P. The lowest BCUT2D eigenvalue weighted by molar-refractivity contribution is 0.151. The van der Waals surface area contributed by atoms with E-state index in [0.29, 0.717) is 10.6 Å². The van der Waals surface area contributed by atoms with Gasteiger partial charge in [0.2, 0.25) is 3.79 Å². The van der Waals surface area contributed by atoms with Crippen LogP contribution in [0, 0.1) is 0 Å². The fraction of sp³-hybridized carbons (Fsp3) is 0.235. The van der Waals surface area contributed by atoms with E-state index in [1.807, 2.05) is 0 Å². The molecule has 1 N–H and O–H groups in total. The molecule has 0 aliphatic heterocycles. The third kappa shape index (κ3) is 4.71. The van der Waals surface area contributed by atoms with E-state index in [1.165, 1.54) is 0 Å². The summed E-state index contributed by atoms with van der Waals surface area (Å²) < 4.78 is 17.0. The Balaban J connectivity index is 2.63. The minimum Gasteiger partial charge on any atom is -0.450 e. The summed E-state index contributed by atoms with van der Waals surface area (Å²) in [4.78, 5) is 12.0. The molecule has 0 aromatic heterocycles. The number of hydrogen-bond acceptors (Lipinski definition) is 3. The van der Waals surface area contributed by atoms with Crippen LogP contribution in [0.5, 0.6) is 0 Å². The highest BCUT2D eigenvalue weighted by atomic mass is 35.6. The van der Waals surface area contributed by atoms with Crippen LogP contribution >= 0.6 is 41.9 Å². The molecule has 1 unspecified atom stereocenters. The summed E-state index contributed by atoms with van der Waals surface area (Å²) in [5.74, 6) is -1.30. The second kappa shape index (κ2) is 8.46. The molecular weight excluding hydrogens is 404 g/mol. The van der Waals surface area contributed by atoms with Crippen LogP contribution in [0.1, 0.15) is 6.92 Å². The van der Waals surface area contributed by atoms with Gasteiger partial charge in [0.25, 0.3) is 0 Å². The molecule has 0 radical (unpaired) electrons. The molecule has 25 heavy (non-hydrogen) atoms. The van der Waals surface area contributed by atoms with E-state index in [2.05, 4.69) is 5.32 Å². The maximum absolute atomic E-state index is 14.2. The Morgan fingerprint density at radius 3 is 1.84 bits per heavy atom. The molecule has 2 aromatic rings. The molecule has 8 heteroatoms. The Kier molecular flexibility index (Phi) is 6.81. The number of alkyl carbamates (subject to hydrolysis) is 1. The molecule has 1 atom stereocenters. The van der Waals surface area contributed by atoms with Crippen molar-refractivity contribution in [1.82, 2.24) is 5.32 Å². The van der Waals surface area contributed by atoms with Crippen LogP contribution in [0.15, 0.2) is 60.7 Å². The molecule has 2 aromatic carbocycles. The molecule has 0 aliphatic carbocycles. The second-order valence-electron chi connectivity index (χ2n) is 5.14. The average Bonchev–Trinajstić information content (AvgIpc) is 2.60. The van der Waals surface area contributed by atoms with Gasteiger partial charge in [-0.1, -0.05) is 95.5 Å². The van der Waals surface area contributed by atoms with Crippen LogP contribution in [0.4, 0.5) is 4.79 Å². The van der Waals surface area contributed by atoms with Gasteiger partial charge < -0.3 is 14.6 Å². The smallest absolute Gasteiger partial charge is 0.407 e. The summed E-state index contributed by atoms with van der Waals surface area (Å²) in [6.45, 7) is 1.79. The number of alkyl halides is 3. The number of halogens is 3. The van der Waals surface area contributed by atoms with Gasteiger partial charge in [0, 0.05) is 10.6 Å². The lowest BCUT2D eigenvalue weighted by atomic mass is 10.4. The van der Waals surface area contributed by atoms with Crippen molar-refractivity contribution in [3.05, 3.63) is 60.7 Å². The predicted molar refractivity (Wildman–Crippen MR) is 104 cm³/mol. The van der Waals surface area contributed by atoms with Crippen LogP contribution in [0.3, 0.4) is 0 Å². The molecule has 0 fully saturated rings. The van der Waals surface area contributed by atoms with Gasteiger partial charge in [-0.2, -0.15) is 0 Å². The van der Waals surface area contributed by atoms with Crippen LogP contribution in [-0.4, -0.2) is 22.3 Å². The highest BCUT2D eigenvalue weighted by Crippen LogP contribution is 2.55. The van der Waals surface area contributed by atoms with Crippen molar-refractivity contribution in [1.29, 1.82) is 0 Å². The Morgan fingerprint density at radius 1 is 1.04 bits per heavy atom. The highest BCUT2D eigenvalue weighted by molar-refractivity contribution is 7.79. The first-order valence-electron chi connectivity index (χ1n) is 7.51. The van der Waals surface area contributed by atoms with Crippen molar-refractivity contribution in [2.75, 3.05) is 6.61 Å². The van der Waals surface area contributed by atoms with Gasteiger partial charge in [0.1, 0.15) is 5.78 Å². The number of amides is 1. The van der Waals surface area contributed by atoms with Crippen LogP contribution < -0.4 is 15.9 Å². The summed E-state index contributed by atoms with van der Waals surface area (Å²) >= 11 is 18.3. The molecule has 2 rings (SSSR count). The lowest BCUT2D eigenvalue weighted by Gasteiger charge is -2.33. The highest BCUT2D eigenvalue weighted by Gasteiger charge is 2.49. The summed E-state index contributed by atoms with van der Waals surface area (Å²) in [7, 11) is -3.54. The Labute approximate surface area is 161 Å². The van der Waals surface area contributed by atoms with Crippen LogP contribution in [0.2, 0.25) is 0 Å². The normalized spacial score (nSPS) is 13.1. The fourth-order valence-corrected chi connectivity index (χ4v) is 6.63. The summed E-state index contributed by atoms with van der Waals surface area (Å²) in [5.41, 5.74) is 0. The minimum atomic E-state index is -3.54. The van der Waals surface area contributed by atoms with Crippen LogP contribution in [-0.2, 0) is 9.30 Å². The van der Waals surface area contributed by atoms with Gasteiger partial charge in [0.05, 0.1) is 6.61 Å². The minimum absolute atomic E-state index is 0.138. The maximum atomic E-state index is 14.2. The standard InChI is InChI=1S/C17H17Cl3NO3P/c1-2-24-16(22)21-15(17(18,19)20)25(23,13-9-5-3-6-10-13)14-11-7-4-8-12-14/h3-12,15H,2H2,1H3,(H,21,22). The van der Waals surface area contributed by atoms with Gasteiger partial charge in [0.15, 0.2) is 7.14 Å². The van der Waals surface area contributed by atoms with Gasteiger partial charge in [-0.15, -0.1) is 0 Å². The average molecular weight is 421 g/mol. The Bertz CT molecular complexity index is 707. The number of hydrogen-bond donors (Lipinski definition) is 1. The third-order valence-corrected chi connectivity index (χ3v) is 7.97. The molecule has 0 heterocycles. The number of rotatable bonds is 5. The first kappa shape index (κ1) is 20.1. The molecule has 0 bridgehead atoms. The zero-order chi connectivity index (χ0) is 18.5. The largest absolute Gasteiger partial charge is 0.450 e. The number of carbonyl (C=O) groups excluding carboxylic acids is 1. The van der Waals surface area contributed by atoms with Crippen molar-refractivity contribution in [3.8, 4) is 0 Å².